The fourth-order valence-corrected chi connectivity index (χ4v) is 2.08. The smallest absolute Gasteiger partial charge is 0.338 e. The van der Waals surface area contributed by atoms with Gasteiger partial charge in [-0.3, -0.25) is 4.79 Å². The summed E-state index contributed by atoms with van der Waals surface area (Å²) in [7, 11) is 0. The molecule has 5 heteroatoms. The number of piperidine rings is 1. The van der Waals surface area contributed by atoms with Gasteiger partial charge in [-0.05, 0) is 37.1 Å². The Hall–Kier alpha value is -1.88. The second kappa shape index (κ2) is 6.33. The van der Waals surface area contributed by atoms with Crippen molar-refractivity contribution in [3.8, 4) is 0 Å². The van der Waals surface area contributed by atoms with Crippen LogP contribution in [0.5, 0.6) is 0 Å². The summed E-state index contributed by atoms with van der Waals surface area (Å²) in [6.07, 6.45) is 2.53. The highest BCUT2D eigenvalue weighted by atomic mass is 16.5. The Balaban J connectivity index is 2.05. The molecule has 0 aromatic heterocycles. The van der Waals surface area contributed by atoms with Gasteiger partial charge >= 0.3 is 5.97 Å². The summed E-state index contributed by atoms with van der Waals surface area (Å²) >= 11 is 0. The van der Waals surface area contributed by atoms with Gasteiger partial charge in [0.1, 0.15) is 6.61 Å². The van der Waals surface area contributed by atoms with E-state index in [1.165, 1.54) is 0 Å². The Morgan fingerprint density at radius 1 is 1.26 bits per heavy atom. The van der Waals surface area contributed by atoms with Crippen molar-refractivity contribution in [1.82, 2.24) is 0 Å². The number of carbonyl (C=O) groups excluding carboxylic acids is 2. The molecule has 1 aromatic carbocycles. The molecule has 5 nitrogen and oxygen atoms in total. The first-order valence-electron chi connectivity index (χ1n) is 6.41. The van der Waals surface area contributed by atoms with Crippen LogP contribution in [0.25, 0.3) is 0 Å². The third-order valence-electron chi connectivity index (χ3n) is 3.06. The van der Waals surface area contributed by atoms with Crippen molar-refractivity contribution in [1.29, 1.82) is 0 Å². The van der Waals surface area contributed by atoms with E-state index in [4.69, 9.17) is 9.84 Å². The molecule has 19 heavy (non-hydrogen) atoms. The summed E-state index contributed by atoms with van der Waals surface area (Å²) in [4.78, 5) is 25.0. The quantitative estimate of drug-likeness (QED) is 0.833. The fraction of sp³-hybridized carbons (Fsp3) is 0.429. The normalized spacial score (nSPS) is 15.4. The summed E-state index contributed by atoms with van der Waals surface area (Å²) in [6, 6.07) is 6.77. The van der Waals surface area contributed by atoms with E-state index in [1.807, 2.05) is 0 Å². The molecule has 1 aliphatic rings. The van der Waals surface area contributed by atoms with Crippen LogP contribution in [-0.4, -0.2) is 36.7 Å². The summed E-state index contributed by atoms with van der Waals surface area (Å²) in [5, 5.41) is 8.58. The van der Waals surface area contributed by atoms with E-state index < -0.39 is 5.97 Å². The van der Waals surface area contributed by atoms with Crippen LogP contribution >= 0.6 is 0 Å². The van der Waals surface area contributed by atoms with Gasteiger partial charge in [0.15, 0.2) is 0 Å². The van der Waals surface area contributed by atoms with Crippen molar-refractivity contribution in [3.63, 3.8) is 0 Å². The maximum atomic E-state index is 11.8. The van der Waals surface area contributed by atoms with E-state index in [0.29, 0.717) is 12.0 Å². The summed E-state index contributed by atoms with van der Waals surface area (Å²) in [6.45, 7) is 0.532. The standard InChI is InChI=1S/C14H17NO4/c16-9-10-19-14(18)11-4-6-12(7-5-11)15-8-2-1-3-13(15)17/h4-7,16H,1-3,8-10H2. The minimum atomic E-state index is -0.467. The van der Waals surface area contributed by atoms with E-state index >= 15 is 0 Å². The second-order valence-corrected chi connectivity index (χ2v) is 4.41. The number of nitrogens with zero attached hydrogens (tertiary/aromatic N) is 1. The van der Waals surface area contributed by atoms with Gasteiger partial charge in [0.05, 0.1) is 12.2 Å². The maximum Gasteiger partial charge on any atom is 0.338 e. The lowest BCUT2D eigenvalue weighted by atomic mass is 10.1. The third-order valence-corrected chi connectivity index (χ3v) is 3.06. The highest BCUT2D eigenvalue weighted by Crippen LogP contribution is 2.21. The molecule has 1 N–H and O–H groups in total. The van der Waals surface area contributed by atoms with Crippen LogP contribution in [0, 0.1) is 0 Å². The number of ether oxygens (including phenoxy) is 1. The molecule has 1 aliphatic heterocycles. The Labute approximate surface area is 111 Å². The van der Waals surface area contributed by atoms with Crippen molar-refractivity contribution in [2.24, 2.45) is 0 Å². The number of hydrogen-bond acceptors (Lipinski definition) is 4. The molecule has 0 saturated carbocycles. The van der Waals surface area contributed by atoms with Crippen molar-refractivity contribution in [2.75, 3.05) is 24.7 Å². The Morgan fingerprint density at radius 3 is 2.63 bits per heavy atom. The van der Waals surface area contributed by atoms with Crippen LogP contribution in [0.3, 0.4) is 0 Å². The minimum absolute atomic E-state index is 0.00873. The molecule has 0 atom stereocenters. The predicted molar refractivity (Wildman–Crippen MR) is 70.0 cm³/mol. The zero-order valence-corrected chi connectivity index (χ0v) is 10.7. The number of aliphatic hydroxyl groups is 1. The molecule has 0 radical (unpaired) electrons. The second-order valence-electron chi connectivity index (χ2n) is 4.41. The first-order valence-corrected chi connectivity index (χ1v) is 6.41. The summed E-state index contributed by atoms with van der Waals surface area (Å²) in [5.41, 5.74) is 1.23. The number of hydrogen-bond donors (Lipinski definition) is 1. The van der Waals surface area contributed by atoms with Crippen LogP contribution in [0.2, 0.25) is 0 Å². The molecular formula is C14H17NO4. The van der Waals surface area contributed by atoms with Crippen LogP contribution in [0.15, 0.2) is 24.3 Å². The monoisotopic (exact) mass is 263 g/mol. The Kier molecular flexibility index (Phi) is 4.52. The van der Waals surface area contributed by atoms with Gasteiger partial charge in [-0.2, -0.15) is 0 Å². The van der Waals surface area contributed by atoms with E-state index in [0.717, 1.165) is 25.1 Å². The molecule has 2 rings (SSSR count). The summed E-state index contributed by atoms with van der Waals surface area (Å²) < 4.78 is 4.81. The molecule has 1 amide bonds. The highest BCUT2D eigenvalue weighted by molar-refractivity contribution is 5.95. The number of aliphatic hydroxyl groups excluding tert-OH is 1. The maximum absolute atomic E-state index is 11.8. The molecule has 102 valence electrons. The lowest BCUT2D eigenvalue weighted by Gasteiger charge is -2.26. The lowest BCUT2D eigenvalue weighted by molar-refractivity contribution is -0.119. The van der Waals surface area contributed by atoms with Crippen molar-refractivity contribution < 1.29 is 19.4 Å². The number of benzene rings is 1. The van der Waals surface area contributed by atoms with Crippen LogP contribution in [0.1, 0.15) is 29.6 Å². The average molecular weight is 263 g/mol. The summed E-state index contributed by atoms with van der Waals surface area (Å²) in [5.74, 6) is -0.340. The third kappa shape index (κ3) is 3.32. The van der Waals surface area contributed by atoms with Crippen LogP contribution in [-0.2, 0) is 9.53 Å². The number of amides is 1. The van der Waals surface area contributed by atoms with Gasteiger partial charge in [-0.1, -0.05) is 0 Å². The van der Waals surface area contributed by atoms with Gasteiger partial charge < -0.3 is 14.7 Å². The highest BCUT2D eigenvalue weighted by Gasteiger charge is 2.19. The average Bonchev–Trinajstić information content (AvgIpc) is 2.45. The molecule has 1 saturated heterocycles. The SMILES string of the molecule is O=C(OCCO)c1ccc(N2CCCCC2=O)cc1. The number of carbonyl (C=O) groups is 2. The Bertz CT molecular complexity index is 455. The zero-order chi connectivity index (χ0) is 13.7. The molecule has 1 fully saturated rings. The van der Waals surface area contributed by atoms with Crippen LogP contribution in [0.4, 0.5) is 5.69 Å². The van der Waals surface area contributed by atoms with Crippen molar-refractivity contribution >= 4 is 17.6 Å². The van der Waals surface area contributed by atoms with Gasteiger partial charge in [0.2, 0.25) is 5.91 Å². The molecular weight excluding hydrogens is 246 g/mol. The van der Waals surface area contributed by atoms with Crippen LogP contribution < -0.4 is 4.90 Å². The number of anilines is 1. The van der Waals surface area contributed by atoms with Gasteiger partial charge in [-0.25, -0.2) is 4.79 Å². The van der Waals surface area contributed by atoms with Gasteiger partial charge in [0, 0.05) is 18.7 Å². The van der Waals surface area contributed by atoms with E-state index in [1.54, 1.807) is 29.2 Å². The lowest BCUT2D eigenvalue weighted by Crippen LogP contribution is -2.35. The van der Waals surface area contributed by atoms with Crippen molar-refractivity contribution in [3.05, 3.63) is 29.8 Å². The van der Waals surface area contributed by atoms with E-state index in [9.17, 15) is 9.59 Å². The molecule has 0 bridgehead atoms. The van der Waals surface area contributed by atoms with E-state index in [2.05, 4.69) is 0 Å². The van der Waals surface area contributed by atoms with Gasteiger partial charge in [-0.15, -0.1) is 0 Å². The van der Waals surface area contributed by atoms with Crippen molar-refractivity contribution in [2.45, 2.75) is 19.3 Å². The zero-order valence-electron chi connectivity index (χ0n) is 10.7. The molecule has 1 heterocycles. The first kappa shape index (κ1) is 13.5. The number of esters is 1. The largest absolute Gasteiger partial charge is 0.460 e. The Morgan fingerprint density at radius 2 is 2.00 bits per heavy atom. The van der Waals surface area contributed by atoms with Gasteiger partial charge in [0.25, 0.3) is 0 Å². The van der Waals surface area contributed by atoms with E-state index in [-0.39, 0.29) is 19.1 Å². The molecule has 1 aromatic rings. The fourth-order valence-electron chi connectivity index (χ4n) is 2.08. The minimum Gasteiger partial charge on any atom is -0.460 e. The predicted octanol–water partition coefficient (Wildman–Crippen LogP) is 1.35. The molecule has 0 aliphatic carbocycles. The molecule has 0 unspecified atom stereocenters. The first-order chi connectivity index (χ1) is 9.22. The topological polar surface area (TPSA) is 66.8 Å². The molecule has 0 spiro atoms. The number of rotatable bonds is 4.